The van der Waals surface area contributed by atoms with Crippen molar-refractivity contribution in [2.75, 3.05) is 0 Å². The first-order valence-electron chi connectivity index (χ1n) is 6.91. The fourth-order valence-corrected chi connectivity index (χ4v) is 2.74. The van der Waals surface area contributed by atoms with Crippen molar-refractivity contribution in [1.82, 2.24) is 20.1 Å². The maximum atomic E-state index is 11.7. The van der Waals surface area contributed by atoms with Gasteiger partial charge in [0.05, 0.1) is 10.3 Å². The fourth-order valence-electron chi connectivity index (χ4n) is 1.71. The van der Waals surface area contributed by atoms with E-state index in [1.54, 1.807) is 30.7 Å². The lowest BCUT2D eigenvalue weighted by Crippen LogP contribution is -2.39. The minimum absolute atomic E-state index is 0.176. The zero-order valence-corrected chi connectivity index (χ0v) is 14.6. The summed E-state index contributed by atoms with van der Waals surface area (Å²) in [5, 5.41) is 10.5. The number of ether oxygens (including phenoxy) is 1. The quantitative estimate of drug-likeness (QED) is 0.750. The Labute approximate surface area is 147 Å². The van der Waals surface area contributed by atoms with E-state index in [1.807, 2.05) is 17.4 Å². The summed E-state index contributed by atoms with van der Waals surface area (Å²) < 4.78 is 7.32. The zero-order valence-electron chi connectivity index (χ0n) is 13.0. The molecule has 2 rings (SSSR count). The zero-order chi connectivity index (χ0) is 17.7. The monoisotopic (exact) mass is 369 g/mol. The number of nitrogens with one attached hydrogen (secondary N) is 1. The van der Waals surface area contributed by atoms with Gasteiger partial charge in [-0.25, -0.2) is 4.79 Å². The number of halogens is 1. The highest BCUT2D eigenvalue weighted by Gasteiger charge is 2.20. The van der Waals surface area contributed by atoms with Crippen molar-refractivity contribution in [3.8, 4) is 5.75 Å². The third-order valence-electron chi connectivity index (χ3n) is 3.02. The van der Waals surface area contributed by atoms with Crippen molar-refractivity contribution < 1.29 is 14.3 Å². The van der Waals surface area contributed by atoms with Crippen LogP contribution in [0.15, 0.2) is 29.4 Å². The molecule has 1 aromatic carbocycles. The van der Waals surface area contributed by atoms with Crippen LogP contribution >= 0.6 is 23.4 Å². The normalized spacial score (nSPS) is 11.8. The first kappa shape index (κ1) is 18.1. The molecule has 8 nitrogen and oxygen atoms in total. The van der Waals surface area contributed by atoms with Crippen LogP contribution in [0.4, 0.5) is 4.79 Å². The molecule has 0 saturated heterocycles. The lowest BCUT2D eigenvalue weighted by molar-refractivity contribution is -0.119. The van der Waals surface area contributed by atoms with Crippen LogP contribution in [0.2, 0.25) is 5.02 Å². The van der Waals surface area contributed by atoms with E-state index in [2.05, 4.69) is 10.2 Å². The molecule has 3 amide bonds. The van der Waals surface area contributed by atoms with Crippen LogP contribution in [0.5, 0.6) is 5.75 Å². The Hall–Kier alpha value is -2.26. The average molecular weight is 370 g/mol. The lowest BCUT2D eigenvalue weighted by atomic mass is 10.3. The molecule has 10 heteroatoms. The van der Waals surface area contributed by atoms with Gasteiger partial charge in [-0.15, -0.1) is 10.2 Å². The number of aromatic nitrogens is 3. The molecule has 0 saturated carbocycles. The van der Waals surface area contributed by atoms with Crippen molar-refractivity contribution in [3.63, 3.8) is 0 Å². The molecule has 0 aliphatic heterocycles. The SMILES string of the molecule is C[C@@H](Sc1nnc(COc2ccccc2Cl)n1C)C(=O)NC(N)=O. The second-order valence-electron chi connectivity index (χ2n) is 4.79. The number of carbonyl (C=O) groups is 2. The van der Waals surface area contributed by atoms with E-state index in [1.165, 1.54) is 0 Å². The minimum Gasteiger partial charge on any atom is -0.484 e. The summed E-state index contributed by atoms with van der Waals surface area (Å²) >= 11 is 7.18. The van der Waals surface area contributed by atoms with Crippen LogP contribution in [0.3, 0.4) is 0 Å². The van der Waals surface area contributed by atoms with Gasteiger partial charge in [-0.3, -0.25) is 10.1 Å². The van der Waals surface area contributed by atoms with Crippen molar-refractivity contribution in [2.24, 2.45) is 12.8 Å². The smallest absolute Gasteiger partial charge is 0.318 e. The van der Waals surface area contributed by atoms with Crippen molar-refractivity contribution >= 4 is 35.3 Å². The highest BCUT2D eigenvalue weighted by Crippen LogP contribution is 2.25. The largest absolute Gasteiger partial charge is 0.484 e. The van der Waals surface area contributed by atoms with E-state index < -0.39 is 17.2 Å². The number of hydrogen-bond acceptors (Lipinski definition) is 6. The molecule has 1 aromatic heterocycles. The average Bonchev–Trinajstić information content (AvgIpc) is 2.86. The molecular weight excluding hydrogens is 354 g/mol. The van der Waals surface area contributed by atoms with E-state index in [0.29, 0.717) is 21.8 Å². The summed E-state index contributed by atoms with van der Waals surface area (Å²) in [4.78, 5) is 22.4. The van der Waals surface area contributed by atoms with Gasteiger partial charge in [-0.1, -0.05) is 35.5 Å². The Kier molecular flexibility index (Phi) is 6.04. The Bertz CT molecular complexity index is 752. The predicted molar refractivity (Wildman–Crippen MR) is 89.8 cm³/mol. The summed E-state index contributed by atoms with van der Waals surface area (Å²) in [5.74, 6) is 0.620. The Morgan fingerprint density at radius 2 is 2.12 bits per heavy atom. The van der Waals surface area contributed by atoms with E-state index in [4.69, 9.17) is 22.1 Å². The number of para-hydroxylation sites is 1. The number of imide groups is 1. The van der Waals surface area contributed by atoms with Gasteiger partial charge in [0.15, 0.2) is 11.0 Å². The minimum atomic E-state index is -0.890. The number of nitrogens with two attached hydrogens (primary N) is 1. The molecule has 0 aliphatic carbocycles. The van der Waals surface area contributed by atoms with Gasteiger partial charge in [-0.2, -0.15) is 0 Å². The number of nitrogens with zero attached hydrogens (tertiary/aromatic N) is 3. The number of rotatable bonds is 6. The maximum absolute atomic E-state index is 11.7. The molecule has 128 valence electrons. The topological polar surface area (TPSA) is 112 Å². The summed E-state index contributed by atoms with van der Waals surface area (Å²) in [5.41, 5.74) is 4.92. The lowest BCUT2D eigenvalue weighted by Gasteiger charge is -2.10. The van der Waals surface area contributed by atoms with Crippen LogP contribution in [0.25, 0.3) is 0 Å². The molecule has 1 atom stereocenters. The van der Waals surface area contributed by atoms with Gasteiger partial charge >= 0.3 is 6.03 Å². The summed E-state index contributed by atoms with van der Waals surface area (Å²) in [6.45, 7) is 1.81. The van der Waals surface area contributed by atoms with E-state index in [9.17, 15) is 9.59 Å². The standard InChI is InChI=1S/C14H16ClN5O3S/c1-8(12(21)17-13(16)22)24-14-19-18-11(20(14)2)7-23-10-6-4-3-5-9(10)15/h3-6,8H,7H2,1-2H3,(H3,16,17,21,22)/t8-/m1/s1. The van der Waals surface area contributed by atoms with Crippen molar-refractivity contribution in [3.05, 3.63) is 35.1 Å². The maximum Gasteiger partial charge on any atom is 0.318 e. The number of primary amides is 1. The van der Waals surface area contributed by atoms with Gasteiger partial charge in [0.2, 0.25) is 5.91 Å². The summed E-state index contributed by atoms with van der Waals surface area (Å²) in [6, 6.07) is 6.22. The van der Waals surface area contributed by atoms with Crippen molar-refractivity contribution in [1.29, 1.82) is 0 Å². The van der Waals surface area contributed by atoms with Crippen LogP contribution in [0.1, 0.15) is 12.7 Å². The Morgan fingerprint density at radius 1 is 1.42 bits per heavy atom. The highest BCUT2D eigenvalue weighted by molar-refractivity contribution is 8.00. The third kappa shape index (κ3) is 4.62. The highest BCUT2D eigenvalue weighted by atomic mass is 35.5. The molecule has 0 radical (unpaired) electrons. The van der Waals surface area contributed by atoms with Crippen molar-refractivity contribution in [2.45, 2.75) is 23.9 Å². The molecular formula is C14H16ClN5O3S. The molecule has 3 N–H and O–H groups in total. The first-order chi connectivity index (χ1) is 11.4. The van der Waals surface area contributed by atoms with Crippen LogP contribution in [-0.2, 0) is 18.4 Å². The predicted octanol–water partition coefficient (Wildman–Crippen LogP) is 1.72. The number of amides is 3. The van der Waals surface area contributed by atoms with Gasteiger partial charge in [0, 0.05) is 7.05 Å². The molecule has 0 bridgehead atoms. The molecule has 0 aliphatic rings. The summed E-state index contributed by atoms with van der Waals surface area (Å²) in [6.07, 6.45) is 0. The summed E-state index contributed by atoms with van der Waals surface area (Å²) in [7, 11) is 1.76. The van der Waals surface area contributed by atoms with Gasteiger partial charge in [0.25, 0.3) is 0 Å². The van der Waals surface area contributed by atoms with E-state index >= 15 is 0 Å². The third-order valence-corrected chi connectivity index (χ3v) is 4.46. The fraction of sp³-hybridized carbons (Fsp3) is 0.286. The van der Waals surface area contributed by atoms with Gasteiger partial charge in [0.1, 0.15) is 12.4 Å². The molecule has 2 aromatic rings. The number of benzene rings is 1. The first-order valence-corrected chi connectivity index (χ1v) is 8.16. The van der Waals surface area contributed by atoms with Crippen LogP contribution < -0.4 is 15.8 Å². The van der Waals surface area contributed by atoms with E-state index in [-0.39, 0.29) is 6.61 Å². The number of carbonyl (C=O) groups excluding carboxylic acids is 2. The Morgan fingerprint density at radius 3 is 2.79 bits per heavy atom. The molecule has 1 heterocycles. The number of hydrogen-bond donors (Lipinski definition) is 2. The van der Waals surface area contributed by atoms with Gasteiger partial charge < -0.3 is 15.0 Å². The molecule has 24 heavy (non-hydrogen) atoms. The second-order valence-corrected chi connectivity index (χ2v) is 6.51. The van der Waals surface area contributed by atoms with Crippen LogP contribution in [0, 0.1) is 0 Å². The molecule has 0 unspecified atom stereocenters. The molecule has 0 fully saturated rings. The number of thioether (sulfide) groups is 1. The van der Waals surface area contributed by atoms with Crippen LogP contribution in [-0.4, -0.2) is 32.0 Å². The number of urea groups is 1. The molecule has 0 spiro atoms. The van der Waals surface area contributed by atoms with Gasteiger partial charge in [-0.05, 0) is 19.1 Å². The Balaban J connectivity index is 1.99. The second kappa shape index (κ2) is 8.02. The van der Waals surface area contributed by atoms with E-state index in [0.717, 1.165) is 11.8 Å².